The molecule has 0 spiro atoms. The second kappa shape index (κ2) is 7.44. The Kier molecular flexibility index (Phi) is 5.43. The lowest BCUT2D eigenvalue weighted by atomic mass is 10.0. The highest BCUT2D eigenvalue weighted by atomic mass is 35.5. The first-order chi connectivity index (χ1) is 12.3. The van der Waals surface area contributed by atoms with E-state index in [0.29, 0.717) is 18.4 Å². The van der Waals surface area contributed by atoms with E-state index in [2.05, 4.69) is 10.0 Å². The number of halogens is 2. The van der Waals surface area contributed by atoms with Gasteiger partial charge in [-0.1, -0.05) is 35.3 Å². The molecule has 9 heteroatoms. The topological polar surface area (TPSA) is 95.5 Å². The van der Waals surface area contributed by atoms with Crippen LogP contribution >= 0.6 is 23.2 Å². The number of carbonyl (C=O) groups excluding carboxylic acids is 1. The van der Waals surface area contributed by atoms with Crippen molar-refractivity contribution >= 4 is 44.8 Å². The standard InChI is InChI=1S/C17H16Cl2N2O4S/c18-14-2-1-3-15(16(14)19)26(24,25)21-11-6-4-10-5-7-12(9-22)20-17(23)13(10)8-11/h1-4,6,8,12,21-22H,5,7,9H2,(H,20,23)/t12-/m1/s1. The molecule has 6 nitrogen and oxygen atoms in total. The molecule has 0 bridgehead atoms. The van der Waals surface area contributed by atoms with Crippen LogP contribution in [0.3, 0.4) is 0 Å². The molecule has 2 aromatic rings. The fraction of sp³-hybridized carbons (Fsp3) is 0.235. The van der Waals surface area contributed by atoms with Crippen molar-refractivity contribution in [3.05, 3.63) is 57.6 Å². The molecule has 0 radical (unpaired) electrons. The maximum Gasteiger partial charge on any atom is 0.263 e. The van der Waals surface area contributed by atoms with Crippen molar-refractivity contribution in [2.75, 3.05) is 11.3 Å². The van der Waals surface area contributed by atoms with Gasteiger partial charge in [-0.3, -0.25) is 9.52 Å². The highest BCUT2D eigenvalue weighted by Crippen LogP contribution is 2.30. The second-order valence-electron chi connectivity index (χ2n) is 5.92. The van der Waals surface area contributed by atoms with Crippen LogP contribution in [0.25, 0.3) is 0 Å². The van der Waals surface area contributed by atoms with E-state index in [1.54, 1.807) is 12.1 Å². The van der Waals surface area contributed by atoms with Gasteiger partial charge in [0.05, 0.1) is 22.7 Å². The molecule has 0 aromatic heterocycles. The minimum atomic E-state index is -3.97. The summed E-state index contributed by atoms with van der Waals surface area (Å²) in [5.41, 5.74) is 1.40. The van der Waals surface area contributed by atoms with Crippen molar-refractivity contribution in [3.8, 4) is 0 Å². The number of hydrogen-bond acceptors (Lipinski definition) is 4. The van der Waals surface area contributed by atoms with Crippen molar-refractivity contribution < 1.29 is 18.3 Å². The van der Waals surface area contributed by atoms with Gasteiger partial charge in [0.2, 0.25) is 0 Å². The Hall–Kier alpha value is -1.80. The quantitative estimate of drug-likeness (QED) is 0.716. The van der Waals surface area contributed by atoms with Gasteiger partial charge in [-0.15, -0.1) is 0 Å². The zero-order chi connectivity index (χ0) is 18.9. The second-order valence-corrected chi connectivity index (χ2v) is 8.36. The molecule has 0 fully saturated rings. The molecule has 3 rings (SSSR count). The van der Waals surface area contributed by atoms with E-state index in [4.69, 9.17) is 23.2 Å². The Labute approximate surface area is 161 Å². The van der Waals surface area contributed by atoms with E-state index < -0.39 is 10.0 Å². The van der Waals surface area contributed by atoms with Gasteiger partial charge in [-0.25, -0.2) is 8.42 Å². The van der Waals surface area contributed by atoms with Gasteiger partial charge in [-0.2, -0.15) is 0 Å². The third kappa shape index (κ3) is 3.81. The zero-order valence-corrected chi connectivity index (χ0v) is 15.8. The van der Waals surface area contributed by atoms with E-state index in [-0.39, 0.29) is 39.2 Å². The molecule has 0 aliphatic carbocycles. The summed E-state index contributed by atoms with van der Waals surface area (Å²) in [4.78, 5) is 12.2. The minimum absolute atomic E-state index is 0.0695. The van der Waals surface area contributed by atoms with Gasteiger partial charge < -0.3 is 10.4 Å². The number of benzene rings is 2. The summed E-state index contributed by atoms with van der Waals surface area (Å²) >= 11 is 11.9. The average Bonchev–Trinajstić information content (AvgIpc) is 2.76. The van der Waals surface area contributed by atoms with Gasteiger partial charge in [0.15, 0.2) is 0 Å². The van der Waals surface area contributed by atoms with Crippen LogP contribution in [0.15, 0.2) is 41.3 Å². The van der Waals surface area contributed by atoms with Crippen LogP contribution in [0.5, 0.6) is 0 Å². The number of nitrogens with one attached hydrogen (secondary N) is 2. The first-order valence-corrected chi connectivity index (χ1v) is 10.1. The van der Waals surface area contributed by atoms with Gasteiger partial charge in [-0.05, 0) is 42.7 Å². The fourth-order valence-corrected chi connectivity index (χ4v) is 4.59. The Bertz CT molecular complexity index is 963. The molecule has 0 unspecified atom stereocenters. The van der Waals surface area contributed by atoms with Crippen molar-refractivity contribution in [3.63, 3.8) is 0 Å². The number of anilines is 1. The first-order valence-electron chi connectivity index (χ1n) is 7.83. The Balaban J connectivity index is 1.92. The van der Waals surface area contributed by atoms with Crippen LogP contribution in [0.4, 0.5) is 5.69 Å². The number of carbonyl (C=O) groups is 1. The van der Waals surface area contributed by atoms with Gasteiger partial charge >= 0.3 is 0 Å². The van der Waals surface area contributed by atoms with E-state index in [1.165, 1.54) is 24.3 Å². The van der Waals surface area contributed by atoms with Gasteiger partial charge in [0, 0.05) is 11.3 Å². The molecule has 1 amide bonds. The molecule has 0 saturated heterocycles. The number of rotatable bonds is 4. The number of amides is 1. The number of aliphatic hydroxyl groups excluding tert-OH is 1. The molecule has 0 saturated carbocycles. The molecule has 3 N–H and O–H groups in total. The van der Waals surface area contributed by atoms with E-state index >= 15 is 0 Å². The van der Waals surface area contributed by atoms with Crippen LogP contribution in [-0.4, -0.2) is 32.1 Å². The van der Waals surface area contributed by atoms with E-state index in [1.807, 2.05) is 0 Å². The predicted octanol–water partition coefficient (Wildman–Crippen LogP) is 2.83. The van der Waals surface area contributed by atoms with Gasteiger partial charge in [0.1, 0.15) is 4.90 Å². The Morgan fingerprint density at radius 2 is 2.00 bits per heavy atom. The lowest BCUT2D eigenvalue weighted by molar-refractivity contribution is 0.0919. The van der Waals surface area contributed by atoms with Crippen molar-refractivity contribution in [1.82, 2.24) is 5.32 Å². The molecule has 1 heterocycles. The molecule has 1 atom stereocenters. The maximum absolute atomic E-state index is 12.6. The smallest absolute Gasteiger partial charge is 0.263 e. The Morgan fingerprint density at radius 1 is 1.23 bits per heavy atom. The third-order valence-electron chi connectivity index (χ3n) is 4.13. The summed E-state index contributed by atoms with van der Waals surface area (Å²) in [6, 6.07) is 8.77. The number of fused-ring (bicyclic) bond motifs is 1. The largest absolute Gasteiger partial charge is 0.394 e. The molecule has 1 aliphatic heterocycles. The monoisotopic (exact) mass is 414 g/mol. The lowest BCUT2D eigenvalue weighted by Gasteiger charge is -2.13. The molecule has 1 aliphatic rings. The van der Waals surface area contributed by atoms with Crippen LogP contribution in [0.1, 0.15) is 22.3 Å². The fourth-order valence-electron chi connectivity index (χ4n) is 2.77. The molecular weight excluding hydrogens is 399 g/mol. The summed E-state index contributed by atoms with van der Waals surface area (Å²) in [7, 11) is -3.97. The predicted molar refractivity (Wildman–Crippen MR) is 100 cm³/mol. The molecule has 2 aromatic carbocycles. The third-order valence-corrected chi connectivity index (χ3v) is 6.48. The van der Waals surface area contributed by atoms with E-state index in [9.17, 15) is 18.3 Å². The number of hydrogen-bond donors (Lipinski definition) is 3. The van der Waals surface area contributed by atoms with Crippen LogP contribution < -0.4 is 10.0 Å². The minimum Gasteiger partial charge on any atom is -0.394 e. The molecule has 26 heavy (non-hydrogen) atoms. The zero-order valence-electron chi connectivity index (χ0n) is 13.5. The first kappa shape index (κ1) is 19.0. The van der Waals surface area contributed by atoms with E-state index in [0.717, 1.165) is 5.56 Å². The summed E-state index contributed by atoms with van der Waals surface area (Å²) < 4.78 is 27.6. The number of sulfonamides is 1. The van der Waals surface area contributed by atoms with Crippen molar-refractivity contribution in [2.45, 2.75) is 23.8 Å². The highest BCUT2D eigenvalue weighted by Gasteiger charge is 2.23. The van der Waals surface area contributed by atoms with Crippen molar-refractivity contribution in [2.24, 2.45) is 0 Å². The summed E-state index contributed by atoms with van der Waals surface area (Å²) in [5, 5.41) is 12.0. The summed E-state index contributed by atoms with van der Waals surface area (Å²) in [6.45, 7) is -0.146. The lowest BCUT2D eigenvalue weighted by Crippen LogP contribution is -2.36. The highest BCUT2D eigenvalue weighted by molar-refractivity contribution is 7.92. The average molecular weight is 415 g/mol. The number of aliphatic hydroxyl groups is 1. The van der Waals surface area contributed by atoms with Gasteiger partial charge in [0.25, 0.3) is 15.9 Å². The number of aryl methyl sites for hydroxylation is 1. The normalized spacial score (nSPS) is 17.2. The Morgan fingerprint density at radius 3 is 2.73 bits per heavy atom. The molecular formula is C17H16Cl2N2O4S. The maximum atomic E-state index is 12.6. The van der Waals surface area contributed by atoms with Crippen LogP contribution in [0.2, 0.25) is 10.0 Å². The van der Waals surface area contributed by atoms with Crippen molar-refractivity contribution in [1.29, 1.82) is 0 Å². The summed E-state index contributed by atoms with van der Waals surface area (Å²) in [5.74, 6) is -0.349. The molecule has 138 valence electrons. The van der Waals surface area contributed by atoms with Crippen LogP contribution in [0, 0.1) is 0 Å². The summed E-state index contributed by atoms with van der Waals surface area (Å²) in [6.07, 6.45) is 1.21. The van der Waals surface area contributed by atoms with Crippen LogP contribution in [-0.2, 0) is 16.4 Å². The SMILES string of the molecule is O=C1N[C@@H](CO)CCc2ccc(NS(=O)(=O)c3cccc(Cl)c3Cl)cc21.